The third kappa shape index (κ3) is 6.53. The van der Waals surface area contributed by atoms with E-state index in [-0.39, 0.29) is 11.9 Å². The minimum atomic E-state index is -0.161. The fourth-order valence-corrected chi connectivity index (χ4v) is 3.85. The monoisotopic (exact) mass is 467 g/mol. The molecule has 0 aliphatic carbocycles. The second-order valence-electron chi connectivity index (χ2n) is 7.26. The standard InChI is InChI=1S/C22H24Cl3N3O2/c23-17-6-8-18(9-7-17)26-22(30)28-12-2-11-27(13-14-28)21(29)4-1-3-16-5-10-19(24)20(25)15-16/h5-10,15H,1-4,11-14H2,(H,26,30). The van der Waals surface area contributed by atoms with Crippen molar-refractivity contribution in [2.75, 3.05) is 31.5 Å². The number of halogens is 3. The van der Waals surface area contributed by atoms with Crippen molar-refractivity contribution >= 4 is 52.4 Å². The Morgan fingerprint density at radius 1 is 0.867 bits per heavy atom. The van der Waals surface area contributed by atoms with Gasteiger partial charge in [-0.3, -0.25) is 4.79 Å². The van der Waals surface area contributed by atoms with Gasteiger partial charge in [-0.2, -0.15) is 0 Å². The maximum atomic E-state index is 12.6. The van der Waals surface area contributed by atoms with E-state index in [1.54, 1.807) is 35.2 Å². The number of nitrogens with one attached hydrogen (secondary N) is 1. The predicted octanol–water partition coefficient (Wildman–Crippen LogP) is 5.74. The van der Waals surface area contributed by atoms with E-state index in [1.807, 2.05) is 17.0 Å². The topological polar surface area (TPSA) is 52.7 Å². The molecule has 30 heavy (non-hydrogen) atoms. The summed E-state index contributed by atoms with van der Waals surface area (Å²) in [6.07, 6.45) is 2.74. The van der Waals surface area contributed by atoms with Crippen LogP contribution in [0.5, 0.6) is 0 Å². The van der Waals surface area contributed by atoms with Crippen molar-refractivity contribution in [1.29, 1.82) is 0 Å². The van der Waals surface area contributed by atoms with Crippen molar-refractivity contribution in [2.24, 2.45) is 0 Å². The van der Waals surface area contributed by atoms with Crippen LogP contribution >= 0.6 is 34.8 Å². The Kier molecular flexibility index (Phi) is 8.25. The van der Waals surface area contributed by atoms with E-state index >= 15 is 0 Å². The molecule has 1 heterocycles. The molecule has 0 saturated carbocycles. The number of aryl methyl sites for hydroxylation is 1. The largest absolute Gasteiger partial charge is 0.341 e. The van der Waals surface area contributed by atoms with E-state index in [9.17, 15) is 9.59 Å². The maximum Gasteiger partial charge on any atom is 0.321 e. The number of nitrogens with zero attached hydrogens (tertiary/aromatic N) is 2. The summed E-state index contributed by atoms with van der Waals surface area (Å²) in [7, 11) is 0. The van der Waals surface area contributed by atoms with Crippen molar-refractivity contribution in [3.05, 3.63) is 63.1 Å². The van der Waals surface area contributed by atoms with E-state index in [1.165, 1.54) is 0 Å². The van der Waals surface area contributed by atoms with Gasteiger partial charge in [0.25, 0.3) is 0 Å². The highest BCUT2D eigenvalue weighted by Crippen LogP contribution is 2.23. The van der Waals surface area contributed by atoms with Crippen molar-refractivity contribution in [3.63, 3.8) is 0 Å². The Morgan fingerprint density at radius 2 is 1.57 bits per heavy atom. The van der Waals surface area contributed by atoms with Gasteiger partial charge >= 0.3 is 6.03 Å². The molecule has 1 fully saturated rings. The van der Waals surface area contributed by atoms with E-state index in [2.05, 4.69) is 5.32 Å². The molecule has 0 unspecified atom stereocenters. The van der Waals surface area contributed by atoms with E-state index in [0.29, 0.717) is 53.4 Å². The number of anilines is 1. The lowest BCUT2D eigenvalue weighted by Crippen LogP contribution is -2.39. The molecular formula is C22H24Cl3N3O2. The van der Waals surface area contributed by atoms with Crippen molar-refractivity contribution in [1.82, 2.24) is 9.80 Å². The summed E-state index contributed by atoms with van der Waals surface area (Å²) in [5, 5.41) is 4.56. The molecule has 1 aliphatic heterocycles. The van der Waals surface area contributed by atoms with Crippen molar-refractivity contribution in [2.45, 2.75) is 25.7 Å². The molecule has 0 aromatic heterocycles. The molecule has 2 aromatic rings. The number of carbonyl (C=O) groups is 2. The predicted molar refractivity (Wildman–Crippen MR) is 123 cm³/mol. The third-order valence-electron chi connectivity index (χ3n) is 5.07. The lowest BCUT2D eigenvalue weighted by atomic mass is 10.1. The number of benzene rings is 2. The molecular weight excluding hydrogens is 445 g/mol. The highest BCUT2D eigenvalue weighted by atomic mass is 35.5. The fraction of sp³-hybridized carbons (Fsp3) is 0.364. The van der Waals surface area contributed by atoms with Gasteiger partial charge in [0.05, 0.1) is 10.0 Å². The Labute approximate surface area is 191 Å². The first-order chi connectivity index (χ1) is 14.4. The van der Waals surface area contributed by atoms with Gasteiger partial charge in [0.1, 0.15) is 0 Å². The van der Waals surface area contributed by atoms with E-state index in [4.69, 9.17) is 34.8 Å². The quantitative estimate of drug-likeness (QED) is 0.609. The van der Waals surface area contributed by atoms with Gasteiger partial charge in [-0.15, -0.1) is 0 Å². The van der Waals surface area contributed by atoms with Crippen LogP contribution in [0.15, 0.2) is 42.5 Å². The van der Waals surface area contributed by atoms with Crippen LogP contribution in [0.1, 0.15) is 24.8 Å². The molecule has 1 saturated heterocycles. The molecule has 1 aliphatic rings. The van der Waals surface area contributed by atoms with Gasteiger partial charge in [-0.05, 0) is 61.2 Å². The lowest BCUT2D eigenvalue weighted by Gasteiger charge is -2.22. The summed E-state index contributed by atoms with van der Waals surface area (Å²) in [6.45, 7) is 2.33. The van der Waals surface area contributed by atoms with E-state index in [0.717, 1.165) is 24.8 Å². The second kappa shape index (κ2) is 10.9. The summed E-state index contributed by atoms with van der Waals surface area (Å²) in [5.41, 5.74) is 1.77. The van der Waals surface area contributed by atoms with E-state index < -0.39 is 0 Å². The molecule has 0 bridgehead atoms. The van der Waals surface area contributed by atoms with Gasteiger partial charge in [-0.25, -0.2) is 4.79 Å². The molecule has 5 nitrogen and oxygen atoms in total. The smallest absolute Gasteiger partial charge is 0.321 e. The van der Waals surface area contributed by atoms with Crippen molar-refractivity contribution < 1.29 is 9.59 Å². The molecule has 0 spiro atoms. The summed E-state index contributed by atoms with van der Waals surface area (Å²) < 4.78 is 0. The molecule has 8 heteroatoms. The molecule has 1 N–H and O–H groups in total. The summed E-state index contributed by atoms with van der Waals surface area (Å²) >= 11 is 17.9. The number of urea groups is 1. The summed E-state index contributed by atoms with van der Waals surface area (Å²) in [5.74, 6) is 0.120. The van der Waals surface area contributed by atoms with Crippen LogP contribution in [-0.4, -0.2) is 47.9 Å². The van der Waals surface area contributed by atoms with Crippen molar-refractivity contribution in [3.8, 4) is 0 Å². The fourth-order valence-electron chi connectivity index (χ4n) is 3.40. The zero-order valence-corrected chi connectivity index (χ0v) is 18.8. The Balaban J connectivity index is 1.44. The average Bonchev–Trinajstić information content (AvgIpc) is 2.99. The first-order valence-corrected chi connectivity index (χ1v) is 11.1. The van der Waals surface area contributed by atoms with Gasteiger partial charge in [0, 0.05) is 43.3 Å². The Hall–Kier alpha value is -1.95. The number of carbonyl (C=O) groups excluding carboxylic acids is 2. The van der Waals surface area contributed by atoms with Crippen LogP contribution in [0.4, 0.5) is 10.5 Å². The van der Waals surface area contributed by atoms with Gasteiger partial charge in [-0.1, -0.05) is 40.9 Å². The Morgan fingerprint density at radius 3 is 2.30 bits per heavy atom. The zero-order chi connectivity index (χ0) is 21.5. The summed E-state index contributed by atoms with van der Waals surface area (Å²) in [6, 6.07) is 12.4. The highest BCUT2D eigenvalue weighted by molar-refractivity contribution is 6.42. The van der Waals surface area contributed by atoms with Crippen LogP contribution in [0.2, 0.25) is 15.1 Å². The molecule has 160 valence electrons. The molecule has 0 radical (unpaired) electrons. The van der Waals surface area contributed by atoms with Crippen LogP contribution < -0.4 is 5.32 Å². The Bertz CT molecular complexity index is 890. The van der Waals surface area contributed by atoms with Crippen LogP contribution in [0, 0.1) is 0 Å². The van der Waals surface area contributed by atoms with Crippen LogP contribution in [0.25, 0.3) is 0 Å². The van der Waals surface area contributed by atoms with Gasteiger partial charge < -0.3 is 15.1 Å². The first kappa shape index (κ1) is 22.7. The number of rotatable bonds is 5. The second-order valence-corrected chi connectivity index (χ2v) is 8.51. The number of amides is 3. The van der Waals surface area contributed by atoms with Crippen LogP contribution in [-0.2, 0) is 11.2 Å². The molecule has 3 amide bonds. The average molecular weight is 469 g/mol. The minimum Gasteiger partial charge on any atom is -0.341 e. The number of hydrogen-bond acceptors (Lipinski definition) is 2. The van der Waals surface area contributed by atoms with Crippen LogP contribution in [0.3, 0.4) is 0 Å². The third-order valence-corrected chi connectivity index (χ3v) is 6.06. The molecule has 2 aromatic carbocycles. The number of hydrogen-bond donors (Lipinski definition) is 1. The first-order valence-electron chi connectivity index (χ1n) is 9.95. The highest BCUT2D eigenvalue weighted by Gasteiger charge is 2.22. The normalized spacial score (nSPS) is 14.4. The zero-order valence-electron chi connectivity index (χ0n) is 16.5. The summed E-state index contributed by atoms with van der Waals surface area (Å²) in [4.78, 5) is 28.7. The maximum absolute atomic E-state index is 12.6. The minimum absolute atomic E-state index is 0.120. The SMILES string of the molecule is O=C(CCCc1ccc(Cl)c(Cl)c1)N1CCCN(C(=O)Nc2ccc(Cl)cc2)CC1. The molecule has 3 rings (SSSR count). The van der Waals surface area contributed by atoms with Gasteiger partial charge in [0.15, 0.2) is 0 Å². The molecule has 0 atom stereocenters. The lowest BCUT2D eigenvalue weighted by molar-refractivity contribution is -0.131. The van der Waals surface area contributed by atoms with Gasteiger partial charge in [0.2, 0.25) is 5.91 Å².